The minimum atomic E-state index is 0.261. The fourth-order valence-electron chi connectivity index (χ4n) is 2.36. The summed E-state index contributed by atoms with van der Waals surface area (Å²) >= 11 is 8.67. The van der Waals surface area contributed by atoms with E-state index in [-0.39, 0.29) is 6.04 Å². The van der Waals surface area contributed by atoms with Crippen molar-refractivity contribution in [3.8, 4) is 0 Å². The Kier molecular flexibility index (Phi) is 5.46. The first-order chi connectivity index (χ1) is 9.52. The van der Waals surface area contributed by atoms with E-state index in [0.29, 0.717) is 0 Å². The molecule has 0 fully saturated rings. The van der Waals surface area contributed by atoms with Gasteiger partial charge in [-0.15, -0.1) is 0 Å². The third-order valence-corrected chi connectivity index (χ3v) is 4.59. The molecule has 0 radical (unpaired) electrons. The van der Waals surface area contributed by atoms with E-state index in [1.807, 2.05) is 14.0 Å². The Labute approximate surface area is 138 Å². The monoisotopic (exact) mass is 403 g/mol. The summed E-state index contributed by atoms with van der Waals surface area (Å²) in [6.07, 6.45) is 0.854. The van der Waals surface area contributed by atoms with E-state index >= 15 is 0 Å². The number of halogens is 2. The lowest BCUT2D eigenvalue weighted by Crippen LogP contribution is -2.23. The van der Waals surface area contributed by atoms with Crippen LogP contribution in [0.25, 0.3) is 0 Å². The zero-order valence-electron chi connectivity index (χ0n) is 12.0. The van der Waals surface area contributed by atoms with Crippen molar-refractivity contribution in [2.45, 2.75) is 26.3 Å². The van der Waals surface area contributed by atoms with Crippen molar-refractivity contribution >= 4 is 34.2 Å². The number of hydrogen-bond donors (Lipinski definition) is 1. The normalized spacial score (nSPS) is 12.7. The molecule has 20 heavy (non-hydrogen) atoms. The molecule has 0 spiro atoms. The Morgan fingerprint density at radius 1 is 1.35 bits per heavy atom. The highest BCUT2D eigenvalue weighted by atomic mass is 127. The van der Waals surface area contributed by atoms with Gasteiger partial charge < -0.3 is 5.32 Å². The molecule has 1 unspecified atom stereocenters. The Morgan fingerprint density at radius 2 is 2.00 bits per heavy atom. The lowest BCUT2D eigenvalue weighted by atomic mass is 9.99. The molecule has 3 nitrogen and oxygen atoms in total. The molecule has 0 bridgehead atoms. The van der Waals surface area contributed by atoms with E-state index in [1.54, 1.807) is 4.68 Å². The van der Waals surface area contributed by atoms with Crippen LogP contribution in [0.2, 0.25) is 5.15 Å². The largest absolute Gasteiger partial charge is 0.310 e. The average molecular weight is 404 g/mol. The summed E-state index contributed by atoms with van der Waals surface area (Å²) in [7, 11) is 1.88. The van der Waals surface area contributed by atoms with Gasteiger partial charge in [0.25, 0.3) is 0 Å². The number of nitrogens with zero attached hydrogens (tertiary/aromatic N) is 2. The highest BCUT2D eigenvalue weighted by molar-refractivity contribution is 14.1. The van der Waals surface area contributed by atoms with E-state index in [0.717, 1.165) is 29.4 Å². The maximum atomic E-state index is 6.34. The van der Waals surface area contributed by atoms with Gasteiger partial charge in [0.05, 0.1) is 5.69 Å². The fourth-order valence-corrected chi connectivity index (χ4v) is 2.97. The van der Waals surface area contributed by atoms with E-state index in [2.05, 4.69) is 64.2 Å². The van der Waals surface area contributed by atoms with Crippen LogP contribution in [0.5, 0.6) is 0 Å². The number of aryl methyl sites for hydroxylation is 2. The zero-order valence-corrected chi connectivity index (χ0v) is 14.9. The van der Waals surface area contributed by atoms with E-state index < -0.39 is 0 Å². The van der Waals surface area contributed by atoms with Crippen LogP contribution in [0.3, 0.4) is 0 Å². The molecule has 1 aromatic heterocycles. The van der Waals surface area contributed by atoms with Gasteiger partial charge in [0.1, 0.15) is 5.15 Å². The maximum absolute atomic E-state index is 6.34. The Morgan fingerprint density at radius 3 is 2.50 bits per heavy atom. The van der Waals surface area contributed by atoms with E-state index in [9.17, 15) is 0 Å². The van der Waals surface area contributed by atoms with Crippen molar-refractivity contribution in [3.05, 3.63) is 49.8 Å². The zero-order chi connectivity index (χ0) is 14.7. The van der Waals surface area contributed by atoms with Crippen LogP contribution in [0.1, 0.15) is 29.8 Å². The molecule has 5 heteroatoms. The van der Waals surface area contributed by atoms with Gasteiger partial charge in [0, 0.05) is 22.2 Å². The number of likely N-dealkylation sites (N-methyl/N-ethyl adjacent to an activating group) is 1. The van der Waals surface area contributed by atoms with Crippen LogP contribution < -0.4 is 5.32 Å². The molecule has 1 aromatic carbocycles. The quantitative estimate of drug-likeness (QED) is 0.768. The summed E-state index contributed by atoms with van der Waals surface area (Å²) in [4.78, 5) is 0. The van der Waals surface area contributed by atoms with Gasteiger partial charge in [-0.1, -0.05) is 30.7 Å². The van der Waals surface area contributed by atoms with Crippen molar-refractivity contribution in [1.29, 1.82) is 0 Å². The molecule has 0 saturated carbocycles. The Balaban J connectivity index is 2.27. The lowest BCUT2D eigenvalue weighted by molar-refractivity contribution is 0.548. The van der Waals surface area contributed by atoms with E-state index in [1.165, 1.54) is 9.13 Å². The van der Waals surface area contributed by atoms with Crippen molar-refractivity contribution < 1.29 is 0 Å². The second-order valence-electron chi connectivity index (χ2n) is 4.84. The smallest absolute Gasteiger partial charge is 0.130 e. The summed E-state index contributed by atoms with van der Waals surface area (Å²) in [5.74, 6) is 0. The second kappa shape index (κ2) is 6.91. The minimum Gasteiger partial charge on any atom is -0.310 e. The first kappa shape index (κ1) is 15.8. The van der Waals surface area contributed by atoms with Crippen molar-refractivity contribution in [2.75, 3.05) is 6.54 Å². The van der Waals surface area contributed by atoms with Gasteiger partial charge in [-0.25, -0.2) is 0 Å². The molecule has 0 saturated heterocycles. The van der Waals surface area contributed by atoms with Gasteiger partial charge >= 0.3 is 0 Å². The standard InChI is InChI=1S/C15H19ClIN3/c1-4-18-14(11-5-7-12(17)8-6-11)9-13-10(2)19-20(3)15(13)16/h5-8,14,18H,4,9H2,1-3H3. The van der Waals surface area contributed by atoms with E-state index in [4.69, 9.17) is 11.6 Å². The molecule has 1 heterocycles. The molecule has 108 valence electrons. The lowest BCUT2D eigenvalue weighted by Gasteiger charge is -2.18. The number of nitrogens with one attached hydrogen (secondary N) is 1. The predicted octanol–water partition coefficient (Wildman–Crippen LogP) is 3.88. The highest BCUT2D eigenvalue weighted by Crippen LogP contribution is 2.26. The average Bonchev–Trinajstić information content (AvgIpc) is 2.65. The van der Waals surface area contributed by atoms with Crippen LogP contribution in [0.4, 0.5) is 0 Å². The van der Waals surface area contributed by atoms with Crippen LogP contribution in [0.15, 0.2) is 24.3 Å². The van der Waals surface area contributed by atoms with Crippen LogP contribution in [0, 0.1) is 10.5 Å². The van der Waals surface area contributed by atoms with Crippen LogP contribution in [-0.2, 0) is 13.5 Å². The van der Waals surface area contributed by atoms with Gasteiger partial charge in [-0.3, -0.25) is 4.68 Å². The van der Waals surface area contributed by atoms with Crippen LogP contribution in [-0.4, -0.2) is 16.3 Å². The minimum absolute atomic E-state index is 0.261. The molecule has 0 aliphatic heterocycles. The number of benzene rings is 1. The SMILES string of the molecule is CCNC(Cc1c(C)nn(C)c1Cl)c1ccc(I)cc1. The Bertz CT molecular complexity index is 578. The molecule has 1 atom stereocenters. The van der Waals surface area contributed by atoms with Gasteiger partial charge in [-0.05, 0) is 60.2 Å². The van der Waals surface area contributed by atoms with Crippen LogP contribution >= 0.6 is 34.2 Å². The van der Waals surface area contributed by atoms with Crippen molar-refractivity contribution in [2.24, 2.45) is 7.05 Å². The number of rotatable bonds is 5. The molecular weight excluding hydrogens is 385 g/mol. The third kappa shape index (κ3) is 3.54. The molecule has 0 aliphatic rings. The number of hydrogen-bond acceptors (Lipinski definition) is 2. The molecule has 0 aliphatic carbocycles. The second-order valence-corrected chi connectivity index (χ2v) is 6.45. The first-order valence-electron chi connectivity index (χ1n) is 6.69. The number of aromatic nitrogens is 2. The van der Waals surface area contributed by atoms with Crippen molar-refractivity contribution in [1.82, 2.24) is 15.1 Å². The molecular formula is C15H19ClIN3. The summed E-state index contributed by atoms with van der Waals surface area (Å²) in [5.41, 5.74) is 3.41. The predicted molar refractivity (Wildman–Crippen MR) is 92.2 cm³/mol. The van der Waals surface area contributed by atoms with Gasteiger partial charge in [0.2, 0.25) is 0 Å². The summed E-state index contributed by atoms with van der Waals surface area (Å²) < 4.78 is 2.99. The topological polar surface area (TPSA) is 29.9 Å². The molecule has 1 N–H and O–H groups in total. The highest BCUT2D eigenvalue weighted by Gasteiger charge is 2.18. The summed E-state index contributed by atoms with van der Waals surface area (Å²) in [6.45, 7) is 5.06. The molecule has 2 rings (SSSR count). The Hall–Kier alpha value is -0.590. The molecule has 0 amide bonds. The summed E-state index contributed by atoms with van der Waals surface area (Å²) in [5, 5.41) is 8.65. The summed E-state index contributed by atoms with van der Waals surface area (Å²) in [6, 6.07) is 8.89. The maximum Gasteiger partial charge on any atom is 0.130 e. The van der Waals surface area contributed by atoms with Gasteiger partial charge in [0.15, 0.2) is 0 Å². The van der Waals surface area contributed by atoms with Gasteiger partial charge in [-0.2, -0.15) is 5.10 Å². The van der Waals surface area contributed by atoms with Crippen molar-refractivity contribution in [3.63, 3.8) is 0 Å². The third-order valence-electron chi connectivity index (χ3n) is 3.40. The molecule has 2 aromatic rings. The fraction of sp³-hybridized carbons (Fsp3) is 0.400. The first-order valence-corrected chi connectivity index (χ1v) is 8.15.